The molecule has 1 aliphatic rings. The lowest BCUT2D eigenvalue weighted by Crippen LogP contribution is -2.43. The van der Waals surface area contributed by atoms with Gasteiger partial charge in [-0.1, -0.05) is 24.3 Å². The van der Waals surface area contributed by atoms with E-state index in [1.807, 2.05) is 13.0 Å². The first-order chi connectivity index (χ1) is 8.70. The standard InChI is InChI=1S/C14H20N2O2/c1-3-15-14(17)16(2)9-13-8-11-6-4-5-7-12(11)10-18-13/h4-7,13H,3,8-10H2,1-2H3,(H,15,17). The second-order valence-corrected chi connectivity index (χ2v) is 4.62. The maximum Gasteiger partial charge on any atom is 0.317 e. The van der Waals surface area contributed by atoms with Gasteiger partial charge in [0.2, 0.25) is 0 Å². The molecule has 1 atom stereocenters. The highest BCUT2D eigenvalue weighted by Crippen LogP contribution is 2.20. The van der Waals surface area contributed by atoms with Crippen LogP contribution >= 0.6 is 0 Å². The fraction of sp³-hybridized carbons (Fsp3) is 0.500. The maximum absolute atomic E-state index is 11.6. The van der Waals surface area contributed by atoms with Gasteiger partial charge in [0.05, 0.1) is 12.7 Å². The molecule has 0 saturated carbocycles. The molecule has 1 N–H and O–H groups in total. The highest BCUT2D eigenvalue weighted by Gasteiger charge is 2.21. The lowest BCUT2D eigenvalue weighted by atomic mass is 9.99. The van der Waals surface area contributed by atoms with Crippen molar-refractivity contribution in [1.29, 1.82) is 0 Å². The van der Waals surface area contributed by atoms with Gasteiger partial charge in [-0.25, -0.2) is 4.79 Å². The second kappa shape index (κ2) is 5.87. The molecule has 0 aliphatic carbocycles. The first-order valence-electron chi connectivity index (χ1n) is 6.38. The van der Waals surface area contributed by atoms with Crippen molar-refractivity contribution < 1.29 is 9.53 Å². The van der Waals surface area contributed by atoms with Crippen LogP contribution in [-0.4, -0.2) is 37.2 Å². The molecule has 0 saturated heterocycles. The highest BCUT2D eigenvalue weighted by molar-refractivity contribution is 5.73. The Hall–Kier alpha value is -1.55. The third-order valence-corrected chi connectivity index (χ3v) is 3.19. The number of hydrogen-bond acceptors (Lipinski definition) is 2. The number of carbonyl (C=O) groups is 1. The fourth-order valence-electron chi connectivity index (χ4n) is 2.20. The Morgan fingerprint density at radius 3 is 2.89 bits per heavy atom. The summed E-state index contributed by atoms with van der Waals surface area (Å²) in [7, 11) is 1.80. The van der Waals surface area contributed by atoms with Gasteiger partial charge in [0.15, 0.2) is 0 Å². The number of hydrogen-bond donors (Lipinski definition) is 1. The Morgan fingerprint density at radius 1 is 1.44 bits per heavy atom. The van der Waals surface area contributed by atoms with Gasteiger partial charge in [-0.15, -0.1) is 0 Å². The molecule has 4 nitrogen and oxygen atoms in total. The summed E-state index contributed by atoms with van der Waals surface area (Å²) in [6.45, 7) is 3.83. The molecule has 0 radical (unpaired) electrons. The summed E-state index contributed by atoms with van der Waals surface area (Å²) in [6, 6.07) is 8.27. The molecule has 1 aliphatic heterocycles. The average molecular weight is 248 g/mol. The normalized spacial score (nSPS) is 18.0. The van der Waals surface area contributed by atoms with Gasteiger partial charge in [-0.05, 0) is 18.1 Å². The topological polar surface area (TPSA) is 41.6 Å². The van der Waals surface area contributed by atoms with Crippen LogP contribution in [0.15, 0.2) is 24.3 Å². The van der Waals surface area contributed by atoms with Crippen molar-refractivity contribution in [2.45, 2.75) is 26.1 Å². The van der Waals surface area contributed by atoms with Crippen molar-refractivity contribution in [3.63, 3.8) is 0 Å². The van der Waals surface area contributed by atoms with Crippen LogP contribution in [0.4, 0.5) is 4.79 Å². The van der Waals surface area contributed by atoms with Crippen molar-refractivity contribution in [2.75, 3.05) is 20.1 Å². The Labute approximate surface area is 108 Å². The van der Waals surface area contributed by atoms with Crippen molar-refractivity contribution in [1.82, 2.24) is 10.2 Å². The Balaban J connectivity index is 1.91. The quantitative estimate of drug-likeness (QED) is 0.886. The molecule has 0 aromatic heterocycles. The highest BCUT2D eigenvalue weighted by atomic mass is 16.5. The molecule has 2 amide bonds. The van der Waals surface area contributed by atoms with E-state index in [0.29, 0.717) is 19.7 Å². The van der Waals surface area contributed by atoms with E-state index in [1.54, 1.807) is 11.9 Å². The van der Waals surface area contributed by atoms with Crippen LogP contribution in [0.2, 0.25) is 0 Å². The zero-order chi connectivity index (χ0) is 13.0. The van der Waals surface area contributed by atoms with Gasteiger partial charge in [-0.2, -0.15) is 0 Å². The number of nitrogens with zero attached hydrogens (tertiary/aromatic N) is 1. The van der Waals surface area contributed by atoms with E-state index < -0.39 is 0 Å². The molecule has 0 fully saturated rings. The third-order valence-electron chi connectivity index (χ3n) is 3.19. The van der Waals surface area contributed by atoms with E-state index in [4.69, 9.17) is 4.74 Å². The third kappa shape index (κ3) is 3.01. The van der Waals surface area contributed by atoms with Crippen LogP contribution in [0.1, 0.15) is 18.1 Å². The number of likely N-dealkylation sites (N-methyl/N-ethyl adjacent to an activating group) is 1. The summed E-state index contributed by atoms with van der Waals surface area (Å²) >= 11 is 0. The van der Waals surface area contributed by atoms with Crippen molar-refractivity contribution >= 4 is 6.03 Å². The second-order valence-electron chi connectivity index (χ2n) is 4.62. The number of urea groups is 1. The summed E-state index contributed by atoms with van der Waals surface area (Å²) in [6.07, 6.45) is 0.965. The summed E-state index contributed by atoms with van der Waals surface area (Å²) in [5.74, 6) is 0. The molecule has 1 aromatic carbocycles. The van der Waals surface area contributed by atoms with Gasteiger partial charge in [-0.3, -0.25) is 0 Å². The van der Waals surface area contributed by atoms with Crippen molar-refractivity contribution in [3.05, 3.63) is 35.4 Å². The molecular weight excluding hydrogens is 228 g/mol. The van der Waals surface area contributed by atoms with Crippen LogP contribution in [-0.2, 0) is 17.8 Å². The molecule has 2 rings (SSSR count). The minimum Gasteiger partial charge on any atom is -0.371 e. The number of rotatable bonds is 3. The number of fused-ring (bicyclic) bond motifs is 1. The Kier molecular flexibility index (Phi) is 4.20. The van der Waals surface area contributed by atoms with E-state index in [-0.39, 0.29) is 12.1 Å². The predicted molar refractivity (Wildman–Crippen MR) is 70.4 cm³/mol. The van der Waals surface area contributed by atoms with Crippen LogP contribution < -0.4 is 5.32 Å². The molecule has 1 aromatic rings. The van der Waals surface area contributed by atoms with Crippen LogP contribution in [0.25, 0.3) is 0 Å². The smallest absolute Gasteiger partial charge is 0.317 e. The molecule has 1 unspecified atom stereocenters. The minimum absolute atomic E-state index is 0.0417. The Bertz CT molecular complexity index is 420. The van der Waals surface area contributed by atoms with E-state index in [9.17, 15) is 4.79 Å². The Morgan fingerprint density at radius 2 is 2.17 bits per heavy atom. The molecule has 0 bridgehead atoms. The number of benzene rings is 1. The van der Waals surface area contributed by atoms with E-state index in [1.165, 1.54) is 11.1 Å². The SMILES string of the molecule is CCNC(=O)N(C)CC1Cc2ccccc2CO1. The molecule has 1 heterocycles. The van der Waals surface area contributed by atoms with Gasteiger partial charge >= 0.3 is 6.03 Å². The number of ether oxygens (including phenoxy) is 1. The minimum atomic E-state index is -0.0417. The van der Waals surface area contributed by atoms with Crippen LogP contribution in [0.5, 0.6) is 0 Å². The van der Waals surface area contributed by atoms with Crippen molar-refractivity contribution in [2.24, 2.45) is 0 Å². The molecular formula is C14H20N2O2. The zero-order valence-corrected chi connectivity index (χ0v) is 11.0. The largest absolute Gasteiger partial charge is 0.371 e. The summed E-state index contributed by atoms with van der Waals surface area (Å²) < 4.78 is 5.78. The van der Waals surface area contributed by atoms with E-state index in [2.05, 4.69) is 23.5 Å². The molecule has 4 heteroatoms. The molecule has 98 valence electrons. The molecule has 18 heavy (non-hydrogen) atoms. The monoisotopic (exact) mass is 248 g/mol. The summed E-state index contributed by atoms with van der Waals surface area (Å²) in [5, 5.41) is 2.79. The summed E-state index contributed by atoms with van der Waals surface area (Å²) in [4.78, 5) is 13.3. The first kappa shape index (κ1) is 12.9. The maximum atomic E-state index is 11.6. The van der Waals surface area contributed by atoms with Gasteiger partial charge in [0.1, 0.15) is 0 Å². The van der Waals surface area contributed by atoms with E-state index in [0.717, 1.165) is 6.42 Å². The van der Waals surface area contributed by atoms with Crippen LogP contribution in [0.3, 0.4) is 0 Å². The van der Waals surface area contributed by atoms with E-state index >= 15 is 0 Å². The number of nitrogens with one attached hydrogen (secondary N) is 1. The fourth-order valence-corrected chi connectivity index (χ4v) is 2.20. The first-order valence-corrected chi connectivity index (χ1v) is 6.38. The lowest BCUT2D eigenvalue weighted by Gasteiger charge is -2.29. The zero-order valence-electron chi connectivity index (χ0n) is 11.0. The number of carbonyl (C=O) groups excluding carboxylic acids is 1. The lowest BCUT2D eigenvalue weighted by molar-refractivity contribution is 0.0151. The summed E-state index contributed by atoms with van der Waals surface area (Å²) in [5.41, 5.74) is 2.59. The van der Waals surface area contributed by atoms with Crippen LogP contribution in [0, 0.1) is 0 Å². The van der Waals surface area contributed by atoms with Gasteiger partial charge in [0.25, 0.3) is 0 Å². The molecule has 0 spiro atoms. The number of amides is 2. The van der Waals surface area contributed by atoms with Gasteiger partial charge in [0, 0.05) is 26.6 Å². The average Bonchev–Trinajstić information content (AvgIpc) is 2.39. The van der Waals surface area contributed by atoms with Crippen molar-refractivity contribution in [3.8, 4) is 0 Å². The predicted octanol–water partition coefficient (Wildman–Crippen LogP) is 1.79. The van der Waals surface area contributed by atoms with Gasteiger partial charge < -0.3 is 15.0 Å².